The van der Waals surface area contributed by atoms with E-state index in [2.05, 4.69) is 5.32 Å². The molecule has 2 N–H and O–H groups in total. The number of rotatable bonds is 4. The molecule has 1 aromatic carbocycles. The van der Waals surface area contributed by atoms with E-state index < -0.39 is 0 Å². The molecule has 4 heteroatoms. The van der Waals surface area contributed by atoms with Crippen LogP contribution in [0.2, 0.25) is 0 Å². The third-order valence-corrected chi connectivity index (χ3v) is 2.40. The number of para-hydroxylation sites is 1. The van der Waals surface area contributed by atoms with Crippen molar-refractivity contribution in [3.63, 3.8) is 0 Å². The number of hydrogen-bond donors (Lipinski definition) is 2. The summed E-state index contributed by atoms with van der Waals surface area (Å²) in [5.41, 5.74) is 1.07. The molecule has 0 spiro atoms. The van der Waals surface area contributed by atoms with Gasteiger partial charge in [-0.25, -0.2) is 0 Å². The highest BCUT2D eigenvalue weighted by Gasteiger charge is 2.14. The maximum atomic E-state index is 9.15. The molecule has 1 aliphatic rings. The molecule has 0 aromatic heterocycles. The zero-order valence-electron chi connectivity index (χ0n) is 9.40. The summed E-state index contributed by atoms with van der Waals surface area (Å²) in [6, 6.07) is 5.86. The molecule has 0 radical (unpaired) electrons. The number of aliphatic hydroxyl groups is 1. The first-order chi connectivity index (χ1) is 7.77. The van der Waals surface area contributed by atoms with Crippen LogP contribution in [0.5, 0.6) is 11.5 Å². The fraction of sp³-hybridized carbons (Fsp3) is 0.500. The molecule has 88 valence electrons. The molecule has 0 saturated heterocycles. The average Bonchev–Trinajstić information content (AvgIpc) is 2.29. The molecule has 4 nitrogen and oxygen atoms in total. The largest absolute Gasteiger partial charge is 0.486 e. The summed E-state index contributed by atoms with van der Waals surface area (Å²) in [7, 11) is 0. The molecule has 0 aliphatic carbocycles. The molecular formula is C12H17NO3. The Labute approximate surface area is 95.2 Å². The molecule has 0 fully saturated rings. The van der Waals surface area contributed by atoms with E-state index in [1.165, 1.54) is 0 Å². The predicted molar refractivity (Wildman–Crippen MR) is 60.8 cm³/mol. The summed E-state index contributed by atoms with van der Waals surface area (Å²) >= 11 is 0. The molecule has 1 atom stereocenters. The van der Waals surface area contributed by atoms with Gasteiger partial charge in [0.1, 0.15) is 13.2 Å². The monoisotopic (exact) mass is 223 g/mol. The van der Waals surface area contributed by atoms with Crippen LogP contribution in [0, 0.1) is 0 Å². The maximum Gasteiger partial charge on any atom is 0.165 e. The maximum absolute atomic E-state index is 9.15. The van der Waals surface area contributed by atoms with Gasteiger partial charge < -0.3 is 19.9 Å². The van der Waals surface area contributed by atoms with Crippen LogP contribution in [0.4, 0.5) is 0 Å². The Balaban J connectivity index is 2.03. The minimum Gasteiger partial charge on any atom is -0.486 e. The van der Waals surface area contributed by atoms with Gasteiger partial charge in [-0.05, 0) is 13.0 Å². The summed E-state index contributed by atoms with van der Waals surface area (Å²) in [6.45, 7) is 4.22. The Hall–Kier alpha value is -1.26. The summed E-state index contributed by atoms with van der Waals surface area (Å²) < 4.78 is 11.1. The van der Waals surface area contributed by atoms with Gasteiger partial charge in [-0.2, -0.15) is 0 Å². The van der Waals surface area contributed by atoms with E-state index in [0.717, 1.165) is 17.1 Å². The van der Waals surface area contributed by atoms with Crippen LogP contribution in [-0.2, 0) is 6.54 Å². The fourth-order valence-corrected chi connectivity index (χ4v) is 1.69. The van der Waals surface area contributed by atoms with Crippen LogP contribution in [-0.4, -0.2) is 31.0 Å². The minimum atomic E-state index is -0.336. The van der Waals surface area contributed by atoms with Crippen molar-refractivity contribution in [2.45, 2.75) is 19.6 Å². The van der Waals surface area contributed by atoms with Gasteiger partial charge >= 0.3 is 0 Å². The fourth-order valence-electron chi connectivity index (χ4n) is 1.69. The van der Waals surface area contributed by atoms with E-state index in [0.29, 0.717) is 26.3 Å². The Morgan fingerprint density at radius 2 is 2.19 bits per heavy atom. The highest BCUT2D eigenvalue weighted by molar-refractivity contribution is 5.47. The number of nitrogens with one attached hydrogen (secondary N) is 1. The zero-order chi connectivity index (χ0) is 11.4. The highest BCUT2D eigenvalue weighted by Crippen LogP contribution is 2.33. The summed E-state index contributed by atoms with van der Waals surface area (Å²) in [6.07, 6.45) is -0.336. The van der Waals surface area contributed by atoms with Crippen molar-refractivity contribution in [1.82, 2.24) is 5.32 Å². The van der Waals surface area contributed by atoms with Gasteiger partial charge in [0.2, 0.25) is 0 Å². The normalized spacial score (nSPS) is 15.9. The summed E-state index contributed by atoms with van der Waals surface area (Å²) in [4.78, 5) is 0. The van der Waals surface area contributed by atoms with E-state index in [1.807, 2.05) is 18.2 Å². The SMILES string of the molecule is CC(O)CNCc1cccc2c1OCCO2. The van der Waals surface area contributed by atoms with Crippen molar-refractivity contribution in [1.29, 1.82) is 0 Å². The average molecular weight is 223 g/mol. The number of benzene rings is 1. The van der Waals surface area contributed by atoms with Gasteiger partial charge in [0.25, 0.3) is 0 Å². The number of aliphatic hydroxyl groups excluding tert-OH is 1. The van der Waals surface area contributed by atoms with Gasteiger partial charge in [0.05, 0.1) is 6.10 Å². The highest BCUT2D eigenvalue weighted by atomic mass is 16.6. The third-order valence-electron chi connectivity index (χ3n) is 2.40. The Bertz CT molecular complexity index is 352. The number of fused-ring (bicyclic) bond motifs is 1. The molecule has 2 rings (SSSR count). The van der Waals surface area contributed by atoms with E-state index in [4.69, 9.17) is 14.6 Å². The second kappa shape index (κ2) is 5.18. The zero-order valence-corrected chi connectivity index (χ0v) is 9.40. The molecular weight excluding hydrogens is 206 g/mol. The first-order valence-electron chi connectivity index (χ1n) is 5.53. The van der Waals surface area contributed by atoms with E-state index >= 15 is 0 Å². The molecule has 1 heterocycles. The Morgan fingerprint density at radius 1 is 1.38 bits per heavy atom. The van der Waals surface area contributed by atoms with E-state index in [-0.39, 0.29) is 6.10 Å². The molecule has 16 heavy (non-hydrogen) atoms. The molecule has 0 bridgehead atoms. The van der Waals surface area contributed by atoms with Crippen molar-refractivity contribution in [3.05, 3.63) is 23.8 Å². The number of ether oxygens (including phenoxy) is 2. The van der Waals surface area contributed by atoms with Crippen molar-refractivity contribution < 1.29 is 14.6 Å². The first-order valence-corrected chi connectivity index (χ1v) is 5.53. The van der Waals surface area contributed by atoms with Crippen molar-refractivity contribution >= 4 is 0 Å². The van der Waals surface area contributed by atoms with Crippen LogP contribution >= 0.6 is 0 Å². The van der Waals surface area contributed by atoms with E-state index in [9.17, 15) is 0 Å². The van der Waals surface area contributed by atoms with Gasteiger partial charge in [-0.1, -0.05) is 12.1 Å². The lowest BCUT2D eigenvalue weighted by Crippen LogP contribution is -2.25. The molecule has 0 amide bonds. The van der Waals surface area contributed by atoms with Crippen LogP contribution in [0.3, 0.4) is 0 Å². The second-order valence-electron chi connectivity index (χ2n) is 3.92. The topological polar surface area (TPSA) is 50.7 Å². The lowest BCUT2D eigenvalue weighted by atomic mass is 10.1. The molecule has 1 aliphatic heterocycles. The summed E-state index contributed by atoms with van der Waals surface area (Å²) in [5, 5.41) is 12.3. The smallest absolute Gasteiger partial charge is 0.165 e. The van der Waals surface area contributed by atoms with Gasteiger partial charge in [-0.15, -0.1) is 0 Å². The standard InChI is InChI=1S/C12H17NO3/c1-9(14)7-13-8-10-3-2-4-11-12(10)16-6-5-15-11/h2-4,9,13-14H,5-8H2,1H3. The Morgan fingerprint density at radius 3 is 3.00 bits per heavy atom. The lowest BCUT2D eigenvalue weighted by Gasteiger charge is -2.21. The van der Waals surface area contributed by atoms with Crippen LogP contribution in [0.25, 0.3) is 0 Å². The van der Waals surface area contributed by atoms with E-state index in [1.54, 1.807) is 6.92 Å². The molecule has 1 unspecified atom stereocenters. The van der Waals surface area contributed by atoms with Crippen LogP contribution in [0.15, 0.2) is 18.2 Å². The van der Waals surface area contributed by atoms with Crippen molar-refractivity contribution in [3.8, 4) is 11.5 Å². The quantitative estimate of drug-likeness (QED) is 0.797. The first kappa shape index (κ1) is 11.2. The van der Waals surface area contributed by atoms with Crippen LogP contribution < -0.4 is 14.8 Å². The van der Waals surface area contributed by atoms with Crippen molar-refractivity contribution in [2.24, 2.45) is 0 Å². The molecule has 0 saturated carbocycles. The van der Waals surface area contributed by atoms with Gasteiger partial charge in [0.15, 0.2) is 11.5 Å². The number of hydrogen-bond acceptors (Lipinski definition) is 4. The lowest BCUT2D eigenvalue weighted by molar-refractivity contribution is 0.168. The predicted octanol–water partition coefficient (Wildman–Crippen LogP) is 0.928. The second-order valence-corrected chi connectivity index (χ2v) is 3.92. The Kier molecular flexibility index (Phi) is 3.64. The molecule has 1 aromatic rings. The van der Waals surface area contributed by atoms with Gasteiger partial charge in [-0.3, -0.25) is 0 Å². The third kappa shape index (κ3) is 2.65. The summed E-state index contributed by atoms with van der Waals surface area (Å²) in [5.74, 6) is 1.63. The minimum absolute atomic E-state index is 0.336. The van der Waals surface area contributed by atoms with Gasteiger partial charge in [0, 0.05) is 18.7 Å². The van der Waals surface area contributed by atoms with Crippen LogP contribution in [0.1, 0.15) is 12.5 Å². The van der Waals surface area contributed by atoms with Crippen molar-refractivity contribution in [2.75, 3.05) is 19.8 Å².